The normalized spacial score (nSPS) is 31.4. The fourth-order valence-electron chi connectivity index (χ4n) is 2.80. The Kier molecular flexibility index (Phi) is 8.72. The number of hydrogen-bond acceptors (Lipinski definition) is 2. The monoisotopic (exact) mass is 240 g/mol. The van der Waals surface area contributed by atoms with Crippen LogP contribution in [0.4, 0.5) is 0 Å². The van der Waals surface area contributed by atoms with Crippen molar-refractivity contribution in [3.8, 4) is 0 Å². The van der Waals surface area contributed by atoms with Gasteiger partial charge in [0.25, 0.3) is 0 Å². The molecule has 1 rings (SSSR count). The Hall–Kier alpha value is -0.0800. The van der Waals surface area contributed by atoms with E-state index < -0.39 is 0 Å². The summed E-state index contributed by atoms with van der Waals surface area (Å²) in [5.74, 6) is 0. The van der Waals surface area contributed by atoms with Crippen molar-refractivity contribution in [2.75, 3.05) is 0 Å². The zero-order valence-electron chi connectivity index (χ0n) is 11.5. The summed E-state index contributed by atoms with van der Waals surface area (Å²) in [5.41, 5.74) is 12.2. The molecule has 2 nitrogen and oxygen atoms in total. The first-order valence-electron chi connectivity index (χ1n) is 7.80. The van der Waals surface area contributed by atoms with Gasteiger partial charge in [0.1, 0.15) is 0 Å². The van der Waals surface area contributed by atoms with Crippen molar-refractivity contribution in [1.82, 2.24) is 0 Å². The third-order valence-electron chi connectivity index (χ3n) is 4.05. The van der Waals surface area contributed by atoms with Crippen molar-refractivity contribution in [3.63, 3.8) is 0 Å². The standard InChI is InChI=1S/C15H32N2/c16-14-10-6-2-1-3-7-11-15(17)13-9-5-4-8-12-14/h14-15H,1-13,16-17H2/t14-,15+. The van der Waals surface area contributed by atoms with Gasteiger partial charge in [-0.05, 0) is 25.7 Å². The first kappa shape index (κ1) is 15.0. The van der Waals surface area contributed by atoms with Gasteiger partial charge in [-0.15, -0.1) is 0 Å². The predicted molar refractivity (Wildman–Crippen MR) is 76.0 cm³/mol. The lowest BCUT2D eigenvalue weighted by molar-refractivity contribution is 0.486. The lowest BCUT2D eigenvalue weighted by Crippen LogP contribution is -2.19. The van der Waals surface area contributed by atoms with E-state index in [-0.39, 0.29) is 0 Å². The lowest BCUT2D eigenvalue weighted by Gasteiger charge is -2.11. The molecule has 0 spiro atoms. The van der Waals surface area contributed by atoms with Gasteiger partial charge in [-0.1, -0.05) is 57.8 Å². The number of hydrogen-bond donors (Lipinski definition) is 2. The van der Waals surface area contributed by atoms with Crippen LogP contribution in [-0.2, 0) is 0 Å². The molecule has 2 heteroatoms. The van der Waals surface area contributed by atoms with Gasteiger partial charge in [-0.3, -0.25) is 0 Å². The van der Waals surface area contributed by atoms with Crippen LogP contribution >= 0.6 is 0 Å². The summed E-state index contributed by atoms with van der Waals surface area (Å²) >= 11 is 0. The van der Waals surface area contributed by atoms with Gasteiger partial charge in [0, 0.05) is 12.1 Å². The molecule has 0 saturated heterocycles. The third-order valence-corrected chi connectivity index (χ3v) is 4.05. The molecule has 0 aromatic carbocycles. The average molecular weight is 240 g/mol. The van der Waals surface area contributed by atoms with Crippen LogP contribution in [0.25, 0.3) is 0 Å². The second-order valence-electron chi connectivity index (χ2n) is 5.86. The van der Waals surface area contributed by atoms with E-state index in [0.29, 0.717) is 12.1 Å². The Bertz CT molecular complexity index is 152. The Morgan fingerprint density at radius 2 is 0.647 bits per heavy atom. The topological polar surface area (TPSA) is 52.0 Å². The van der Waals surface area contributed by atoms with Gasteiger partial charge < -0.3 is 11.5 Å². The number of nitrogens with two attached hydrogens (primary N) is 2. The highest BCUT2D eigenvalue weighted by molar-refractivity contribution is 4.65. The zero-order valence-corrected chi connectivity index (χ0v) is 11.5. The fraction of sp³-hybridized carbons (Fsp3) is 1.00. The fourth-order valence-corrected chi connectivity index (χ4v) is 2.80. The summed E-state index contributed by atoms with van der Waals surface area (Å²) < 4.78 is 0. The summed E-state index contributed by atoms with van der Waals surface area (Å²) in [6.45, 7) is 0. The largest absolute Gasteiger partial charge is 0.328 e. The second-order valence-corrected chi connectivity index (χ2v) is 5.86. The molecule has 0 aliphatic heterocycles. The molecule has 0 bridgehead atoms. The molecular formula is C15H32N2. The maximum Gasteiger partial charge on any atom is 0.00388 e. The van der Waals surface area contributed by atoms with E-state index in [0.717, 1.165) is 0 Å². The predicted octanol–water partition coefficient (Wildman–Crippen LogP) is 3.73. The molecule has 1 fully saturated rings. The van der Waals surface area contributed by atoms with Crippen LogP contribution in [0.5, 0.6) is 0 Å². The maximum absolute atomic E-state index is 6.12. The molecule has 4 N–H and O–H groups in total. The van der Waals surface area contributed by atoms with E-state index in [9.17, 15) is 0 Å². The molecule has 0 amide bonds. The first-order chi connectivity index (χ1) is 8.29. The van der Waals surface area contributed by atoms with E-state index in [2.05, 4.69) is 0 Å². The molecule has 1 aliphatic carbocycles. The Labute approximate surface area is 108 Å². The number of rotatable bonds is 0. The molecule has 0 radical (unpaired) electrons. The quantitative estimate of drug-likeness (QED) is 0.678. The molecule has 17 heavy (non-hydrogen) atoms. The Balaban J connectivity index is 2.18. The summed E-state index contributed by atoms with van der Waals surface area (Å²) in [6, 6.07) is 0.921. The van der Waals surface area contributed by atoms with Gasteiger partial charge in [0.15, 0.2) is 0 Å². The van der Waals surface area contributed by atoms with E-state index in [1.807, 2.05) is 0 Å². The highest BCUT2D eigenvalue weighted by atomic mass is 14.6. The van der Waals surface area contributed by atoms with E-state index in [1.54, 1.807) is 0 Å². The van der Waals surface area contributed by atoms with Crippen LogP contribution in [0.2, 0.25) is 0 Å². The third kappa shape index (κ3) is 8.62. The van der Waals surface area contributed by atoms with Crippen molar-refractivity contribution >= 4 is 0 Å². The minimum absolute atomic E-state index is 0.461. The SMILES string of the molecule is N[C@@H]1CCCCCCC[C@H](N)CCCCCC1. The van der Waals surface area contributed by atoms with Gasteiger partial charge in [-0.2, -0.15) is 0 Å². The van der Waals surface area contributed by atoms with Crippen molar-refractivity contribution in [3.05, 3.63) is 0 Å². The summed E-state index contributed by atoms with van der Waals surface area (Å²) in [7, 11) is 0. The smallest absolute Gasteiger partial charge is 0.00388 e. The first-order valence-corrected chi connectivity index (χ1v) is 7.80. The van der Waals surface area contributed by atoms with Crippen molar-refractivity contribution < 1.29 is 0 Å². The molecule has 0 unspecified atom stereocenters. The Morgan fingerprint density at radius 3 is 0.941 bits per heavy atom. The van der Waals surface area contributed by atoms with Gasteiger partial charge in [0.05, 0.1) is 0 Å². The van der Waals surface area contributed by atoms with Crippen LogP contribution in [0.1, 0.15) is 83.5 Å². The van der Waals surface area contributed by atoms with Gasteiger partial charge in [0.2, 0.25) is 0 Å². The van der Waals surface area contributed by atoms with Crippen molar-refractivity contribution in [2.45, 2.75) is 95.6 Å². The van der Waals surface area contributed by atoms with Crippen LogP contribution in [0.3, 0.4) is 0 Å². The molecule has 1 saturated carbocycles. The molecular weight excluding hydrogens is 208 g/mol. The van der Waals surface area contributed by atoms with Crippen LogP contribution < -0.4 is 11.5 Å². The summed E-state index contributed by atoms with van der Waals surface area (Å²) in [5, 5.41) is 0. The lowest BCUT2D eigenvalue weighted by atomic mass is 10.0. The minimum atomic E-state index is 0.461. The van der Waals surface area contributed by atoms with Gasteiger partial charge >= 0.3 is 0 Å². The molecule has 0 aromatic heterocycles. The van der Waals surface area contributed by atoms with Crippen LogP contribution in [0, 0.1) is 0 Å². The highest BCUT2D eigenvalue weighted by Crippen LogP contribution is 2.15. The molecule has 0 heterocycles. The van der Waals surface area contributed by atoms with Crippen molar-refractivity contribution in [1.29, 1.82) is 0 Å². The van der Waals surface area contributed by atoms with Crippen LogP contribution in [-0.4, -0.2) is 12.1 Å². The minimum Gasteiger partial charge on any atom is -0.328 e. The molecule has 1 aliphatic rings. The van der Waals surface area contributed by atoms with Crippen LogP contribution in [0.15, 0.2) is 0 Å². The zero-order chi connectivity index (χ0) is 12.3. The molecule has 0 aromatic rings. The Morgan fingerprint density at radius 1 is 0.412 bits per heavy atom. The highest BCUT2D eigenvalue weighted by Gasteiger charge is 2.05. The molecule has 102 valence electrons. The second kappa shape index (κ2) is 9.90. The maximum atomic E-state index is 6.12. The van der Waals surface area contributed by atoms with Gasteiger partial charge in [-0.25, -0.2) is 0 Å². The van der Waals surface area contributed by atoms with E-state index in [4.69, 9.17) is 11.5 Å². The molecule has 2 atom stereocenters. The van der Waals surface area contributed by atoms with Crippen molar-refractivity contribution in [2.24, 2.45) is 11.5 Å². The van der Waals surface area contributed by atoms with E-state index >= 15 is 0 Å². The summed E-state index contributed by atoms with van der Waals surface area (Å²) in [6.07, 6.45) is 17.0. The average Bonchev–Trinajstić information content (AvgIpc) is 2.32. The van der Waals surface area contributed by atoms with E-state index in [1.165, 1.54) is 83.5 Å². The summed E-state index contributed by atoms with van der Waals surface area (Å²) in [4.78, 5) is 0.